The van der Waals surface area contributed by atoms with Crippen LogP contribution in [0.1, 0.15) is 40.2 Å². The highest BCUT2D eigenvalue weighted by atomic mass is 28.3. The maximum atomic E-state index is 12.7. The SMILES string of the molecule is COC(=O)C(C(NCc1ccccc1)C(C)C)[Si](C)(C)C(C)(C)C. The third-order valence-corrected chi connectivity index (χ3v) is 11.6. The van der Waals surface area contributed by atoms with Gasteiger partial charge in [-0.25, -0.2) is 0 Å². The largest absolute Gasteiger partial charge is 0.469 e. The van der Waals surface area contributed by atoms with Crippen molar-refractivity contribution < 1.29 is 9.53 Å². The number of ether oxygens (including phenoxy) is 1. The summed E-state index contributed by atoms with van der Waals surface area (Å²) in [5.74, 6) is 0.285. The van der Waals surface area contributed by atoms with Gasteiger partial charge >= 0.3 is 5.97 Å². The van der Waals surface area contributed by atoms with Gasteiger partial charge in [-0.3, -0.25) is 4.79 Å². The molecule has 4 heteroatoms. The molecule has 0 saturated carbocycles. The quantitative estimate of drug-likeness (QED) is 0.565. The van der Waals surface area contributed by atoms with E-state index in [9.17, 15) is 4.79 Å². The first-order chi connectivity index (χ1) is 11.0. The van der Waals surface area contributed by atoms with Crippen molar-refractivity contribution in [2.24, 2.45) is 5.92 Å². The lowest BCUT2D eigenvalue weighted by Gasteiger charge is -2.46. The molecule has 0 saturated heterocycles. The minimum Gasteiger partial charge on any atom is -0.469 e. The number of esters is 1. The minimum absolute atomic E-state index is 0.0687. The second kappa shape index (κ2) is 8.30. The molecule has 0 bridgehead atoms. The highest BCUT2D eigenvalue weighted by Crippen LogP contribution is 2.46. The standard InChI is InChI=1S/C20H35NO2Si/c1-15(2)17(21-14-16-12-10-9-11-13-16)18(19(22)23-6)24(7,8)20(3,4)5/h9-13,15,17-18,21H,14H2,1-8H3. The summed E-state index contributed by atoms with van der Waals surface area (Å²) < 4.78 is 5.23. The summed E-state index contributed by atoms with van der Waals surface area (Å²) in [6.07, 6.45) is 0. The average molecular weight is 350 g/mol. The molecule has 1 aromatic rings. The van der Waals surface area contributed by atoms with Gasteiger partial charge in [-0.1, -0.05) is 78.0 Å². The number of nitrogens with one attached hydrogen (secondary N) is 1. The van der Waals surface area contributed by atoms with E-state index in [0.29, 0.717) is 5.92 Å². The van der Waals surface area contributed by atoms with E-state index in [1.165, 1.54) is 12.7 Å². The van der Waals surface area contributed by atoms with Crippen LogP contribution in [-0.2, 0) is 16.1 Å². The lowest BCUT2D eigenvalue weighted by Crippen LogP contribution is -2.55. The van der Waals surface area contributed by atoms with E-state index in [0.717, 1.165) is 6.54 Å². The number of rotatable bonds is 7. The van der Waals surface area contributed by atoms with E-state index in [-0.39, 0.29) is 22.6 Å². The van der Waals surface area contributed by atoms with Crippen LogP contribution in [0.3, 0.4) is 0 Å². The van der Waals surface area contributed by atoms with Crippen LogP contribution >= 0.6 is 0 Å². The molecule has 0 aromatic heterocycles. The molecule has 0 aliphatic carbocycles. The van der Waals surface area contributed by atoms with Gasteiger partial charge in [0.15, 0.2) is 0 Å². The topological polar surface area (TPSA) is 38.3 Å². The number of carbonyl (C=O) groups excluding carboxylic acids is 1. The van der Waals surface area contributed by atoms with Crippen molar-refractivity contribution >= 4 is 14.0 Å². The van der Waals surface area contributed by atoms with Crippen LogP contribution < -0.4 is 5.32 Å². The highest BCUT2D eigenvalue weighted by Gasteiger charge is 2.50. The van der Waals surface area contributed by atoms with Crippen molar-refractivity contribution in [3.8, 4) is 0 Å². The Labute approximate surface area is 149 Å². The fourth-order valence-corrected chi connectivity index (χ4v) is 6.09. The third-order valence-electron chi connectivity index (χ3n) is 5.63. The molecule has 1 N–H and O–H groups in total. The summed E-state index contributed by atoms with van der Waals surface area (Å²) >= 11 is 0. The van der Waals surface area contributed by atoms with Gasteiger partial charge in [0.2, 0.25) is 0 Å². The Hall–Kier alpha value is -1.13. The van der Waals surface area contributed by atoms with Gasteiger partial charge < -0.3 is 10.1 Å². The Bertz CT molecular complexity index is 520. The van der Waals surface area contributed by atoms with Crippen LogP contribution in [0.4, 0.5) is 0 Å². The predicted molar refractivity (Wildman–Crippen MR) is 105 cm³/mol. The van der Waals surface area contributed by atoms with E-state index in [4.69, 9.17) is 4.74 Å². The van der Waals surface area contributed by atoms with Gasteiger partial charge in [-0.15, -0.1) is 0 Å². The molecular weight excluding hydrogens is 314 g/mol. The maximum Gasteiger partial charge on any atom is 0.307 e. The zero-order chi connectivity index (χ0) is 18.5. The molecule has 24 heavy (non-hydrogen) atoms. The molecule has 2 atom stereocenters. The molecule has 3 nitrogen and oxygen atoms in total. The maximum absolute atomic E-state index is 12.7. The molecule has 1 rings (SSSR count). The fourth-order valence-electron chi connectivity index (χ4n) is 3.05. The van der Waals surface area contributed by atoms with Gasteiger partial charge in [0.25, 0.3) is 0 Å². The molecule has 0 fully saturated rings. The molecule has 136 valence electrons. The molecular formula is C20H35NO2Si. The molecule has 0 heterocycles. The second-order valence-corrected chi connectivity index (χ2v) is 14.2. The summed E-state index contributed by atoms with van der Waals surface area (Å²) in [5.41, 5.74) is 1.16. The first kappa shape index (κ1) is 20.9. The molecule has 1 aromatic carbocycles. The summed E-state index contributed by atoms with van der Waals surface area (Å²) in [6, 6.07) is 10.5. The summed E-state index contributed by atoms with van der Waals surface area (Å²) in [7, 11) is -0.408. The Balaban J connectivity index is 3.12. The lowest BCUT2D eigenvalue weighted by atomic mass is 9.99. The number of hydrogen-bond acceptors (Lipinski definition) is 3. The van der Waals surface area contributed by atoms with Gasteiger partial charge in [-0.2, -0.15) is 0 Å². The van der Waals surface area contributed by atoms with E-state index in [1.54, 1.807) is 0 Å². The Kier molecular flexibility index (Phi) is 7.23. The highest BCUT2D eigenvalue weighted by molar-refractivity contribution is 6.84. The van der Waals surface area contributed by atoms with Crippen molar-refractivity contribution in [3.63, 3.8) is 0 Å². The van der Waals surface area contributed by atoms with E-state index >= 15 is 0 Å². The van der Waals surface area contributed by atoms with Crippen molar-refractivity contribution in [2.75, 3.05) is 7.11 Å². The van der Waals surface area contributed by atoms with Crippen LogP contribution in [-0.4, -0.2) is 27.2 Å². The normalized spacial score (nSPS) is 15.2. The second-order valence-electron chi connectivity index (χ2n) is 8.61. The Morgan fingerprint density at radius 1 is 1.17 bits per heavy atom. The fraction of sp³-hybridized carbons (Fsp3) is 0.650. The molecule has 0 aliphatic heterocycles. The van der Waals surface area contributed by atoms with Crippen molar-refractivity contribution in [1.29, 1.82) is 0 Å². The average Bonchev–Trinajstić information content (AvgIpc) is 2.50. The predicted octanol–water partition coefficient (Wildman–Crippen LogP) is 4.85. The monoisotopic (exact) mass is 349 g/mol. The number of hydrogen-bond donors (Lipinski definition) is 1. The molecule has 0 aliphatic rings. The molecule has 0 amide bonds. The van der Waals surface area contributed by atoms with Crippen LogP contribution in [0, 0.1) is 5.92 Å². The molecule has 0 radical (unpaired) electrons. The van der Waals surface area contributed by atoms with Crippen molar-refractivity contribution in [1.82, 2.24) is 5.32 Å². The summed E-state index contributed by atoms with van der Waals surface area (Å²) in [5, 5.41) is 3.78. The van der Waals surface area contributed by atoms with Crippen molar-refractivity contribution in [2.45, 2.75) is 70.9 Å². The summed E-state index contributed by atoms with van der Waals surface area (Å²) in [4.78, 5) is 12.7. The Morgan fingerprint density at radius 2 is 1.71 bits per heavy atom. The van der Waals surface area contributed by atoms with E-state index < -0.39 is 8.07 Å². The smallest absolute Gasteiger partial charge is 0.307 e. The lowest BCUT2D eigenvalue weighted by molar-refractivity contribution is -0.141. The zero-order valence-electron chi connectivity index (χ0n) is 16.6. The van der Waals surface area contributed by atoms with Gasteiger partial charge in [0.1, 0.15) is 0 Å². The van der Waals surface area contributed by atoms with Crippen LogP contribution in [0.2, 0.25) is 23.7 Å². The molecule has 2 unspecified atom stereocenters. The first-order valence-electron chi connectivity index (χ1n) is 8.87. The number of carbonyl (C=O) groups is 1. The van der Waals surface area contributed by atoms with Gasteiger partial charge in [0.05, 0.1) is 20.7 Å². The van der Waals surface area contributed by atoms with E-state index in [2.05, 4.69) is 65.2 Å². The Morgan fingerprint density at radius 3 is 2.12 bits per heavy atom. The van der Waals surface area contributed by atoms with Crippen LogP contribution in [0.5, 0.6) is 0 Å². The van der Waals surface area contributed by atoms with Crippen LogP contribution in [0.15, 0.2) is 30.3 Å². The first-order valence-corrected chi connectivity index (χ1v) is 11.9. The van der Waals surface area contributed by atoms with Gasteiger partial charge in [-0.05, 0) is 16.5 Å². The third kappa shape index (κ3) is 4.93. The summed E-state index contributed by atoms with van der Waals surface area (Å²) in [6.45, 7) is 16.5. The number of benzene rings is 1. The van der Waals surface area contributed by atoms with Crippen molar-refractivity contribution in [3.05, 3.63) is 35.9 Å². The van der Waals surface area contributed by atoms with E-state index in [1.807, 2.05) is 18.2 Å². The van der Waals surface area contributed by atoms with Crippen LogP contribution in [0.25, 0.3) is 0 Å². The van der Waals surface area contributed by atoms with Gasteiger partial charge in [0, 0.05) is 12.6 Å². The molecule has 0 spiro atoms. The number of methoxy groups -OCH3 is 1. The minimum atomic E-state index is -1.92. The zero-order valence-corrected chi connectivity index (χ0v) is 17.6.